The molecule has 1 N–H and O–H groups in total. The average Bonchev–Trinajstić information content (AvgIpc) is 3.39. The number of hydrogen-bond donors (Lipinski definition) is 1. The maximum Gasteiger partial charge on any atom is 0.231 e. The van der Waals surface area contributed by atoms with E-state index in [-0.39, 0.29) is 18.9 Å². The van der Waals surface area contributed by atoms with Gasteiger partial charge in [0, 0.05) is 22.8 Å². The quantitative estimate of drug-likeness (QED) is 0.566. The molecular formula is C19H14BrN3O2S2. The van der Waals surface area contributed by atoms with Gasteiger partial charge < -0.3 is 19.7 Å². The van der Waals surface area contributed by atoms with Crippen molar-refractivity contribution < 1.29 is 9.47 Å². The monoisotopic (exact) mass is 459 g/mol. The van der Waals surface area contributed by atoms with Gasteiger partial charge in [-0.2, -0.15) is 0 Å². The number of nitrogens with one attached hydrogen (secondary N) is 1. The van der Waals surface area contributed by atoms with Crippen molar-refractivity contribution >= 4 is 50.3 Å². The highest BCUT2D eigenvalue weighted by atomic mass is 79.9. The molecule has 2 aromatic heterocycles. The predicted octanol–water partition coefficient (Wildman–Crippen LogP) is 4.81. The fourth-order valence-electron chi connectivity index (χ4n) is 3.44. The molecule has 0 aliphatic carbocycles. The normalized spacial score (nSPS) is 20.8. The molecule has 27 heavy (non-hydrogen) atoms. The van der Waals surface area contributed by atoms with E-state index in [1.54, 1.807) is 11.3 Å². The van der Waals surface area contributed by atoms with Crippen molar-refractivity contribution in [2.45, 2.75) is 12.1 Å². The van der Waals surface area contributed by atoms with Gasteiger partial charge in [-0.3, -0.25) is 4.98 Å². The Morgan fingerprint density at radius 3 is 2.81 bits per heavy atom. The summed E-state index contributed by atoms with van der Waals surface area (Å²) in [6.45, 7) is 0.249. The number of ether oxygens (including phenoxy) is 2. The van der Waals surface area contributed by atoms with Crippen molar-refractivity contribution in [1.29, 1.82) is 0 Å². The largest absolute Gasteiger partial charge is 0.454 e. The van der Waals surface area contributed by atoms with Crippen LogP contribution in [0.15, 0.2) is 58.5 Å². The minimum Gasteiger partial charge on any atom is -0.454 e. The molecule has 2 atom stereocenters. The zero-order chi connectivity index (χ0) is 18.4. The summed E-state index contributed by atoms with van der Waals surface area (Å²) in [7, 11) is 0. The number of halogens is 1. The smallest absolute Gasteiger partial charge is 0.231 e. The summed E-state index contributed by atoms with van der Waals surface area (Å²) < 4.78 is 12.1. The first-order valence-corrected chi connectivity index (χ1v) is 10.4. The van der Waals surface area contributed by atoms with Crippen LogP contribution in [0.3, 0.4) is 0 Å². The second-order valence-electron chi connectivity index (χ2n) is 6.18. The molecule has 0 radical (unpaired) electrons. The Hall–Kier alpha value is -2.16. The maximum atomic E-state index is 5.72. The Balaban J connectivity index is 1.61. The van der Waals surface area contributed by atoms with Crippen LogP contribution >= 0.6 is 39.5 Å². The lowest BCUT2D eigenvalue weighted by molar-refractivity contribution is 0.174. The van der Waals surface area contributed by atoms with Gasteiger partial charge in [0.1, 0.15) is 0 Å². The Labute approximate surface area is 174 Å². The molecule has 0 saturated carbocycles. The van der Waals surface area contributed by atoms with Crippen molar-refractivity contribution in [2.24, 2.45) is 0 Å². The van der Waals surface area contributed by atoms with E-state index in [1.807, 2.05) is 42.6 Å². The molecule has 4 heterocycles. The topological polar surface area (TPSA) is 46.6 Å². The Morgan fingerprint density at radius 1 is 1.15 bits per heavy atom. The van der Waals surface area contributed by atoms with Gasteiger partial charge in [-0.05, 0) is 64.5 Å². The second kappa shape index (κ2) is 6.78. The van der Waals surface area contributed by atoms with E-state index in [9.17, 15) is 0 Å². The minimum absolute atomic E-state index is 0.0101. The number of thiocarbonyl (C=S) groups is 1. The van der Waals surface area contributed by atoms with Gasteiger partial charge in [0.15, 0.2) is 16.6 Å². The first kappa shape index (κ1) is 17.0. The van der Waals surface area contributed by atoms with Gasteiger partial charge in [0.2, 0.25) is 6.79 Å². The Morgan fingerprint density at radius 2 is 2.04 bits per heavy atom. The van der Waals surface area contributed by atoms with Crippen LogP contribution in [0.25, 0.3) is 0 Å². The molecule has 0 spiro atoms. The fraction of sp³-hybridized carbons (Fsp3) is 0.158. The van der Waals surface area contributed by atoms with E-state index in [0.717, 1.165) is 26.7 Å². The van der Waals surface area contributed by atoms with Crippen LogP contribution < -0.4 is 19.7 Å². The van der Waals surface area contributed by atoms with E-state index in [4.69, 9.17) is 21.7 Å². The molecule has 5 nitrogen and oxygen atoms in total. The average molecular weight is 460 g/mol. The van der Waals surface area contributed by atoms with Crippen LogP contribution in [0.2, 0.25) is 0 Å². The van der Waals surface area contributed by atoms with Crippen molar-refractivity contribution in [2.75, 3.05) is 11.7 Å². The van der Waals surface area contributed by atoms with Gasteiger partial charge in [-0.15, -0.1) is 11.3 Å². The van der Waals surface area contributed by atoms with Gasteiger partial charge in [-0.25, -0.2) is 0 Å². The van der Waals surface area contributed by atoms with E-state index in [1.165, 1.54) is 4.88 Å². The van der Waals surface area contributed by atoms with Crippen molar-refractivity contribution in [3.05, 3.63) is 69.1 Å². The first-order valence-electron chi connectivity index (χ1n) is 8.36. The molecular weight excluding hydrogens is 446 g/mol. The van der Waals surface area contributed by atoms with Crippen LogP contribution in [0.4, 0.5) is 5.69 Å². The van der Waals surface area contributed by atoms with Crippen molar-refractivity contribution in [1.82, 2.24) is 10.3 Å². The number of rotatable bonds is 3. The summed E-state index contributed by atoms with van der Waals surface area (Å²) in [5.74, 6) is 1.50. The predicted molar refractivity (Wildman–Crippen MR) is 113 cm³/mol. The third kappa shape index (κ3) is 2.97. The van der Waals surface area contributed by atoms with Crippen molar-refractivity contribution in [3.63, 3.8) is 0 Å². The third-order valence-corrected chi connectivity index (χ3v) is 6.63. The van der Waals surface area contributed by atoms with Crippen LogP contribution in [-0.4, -0.2) is 16.9 Å². The number of pyridine rings is 1. The second-order valence-corrected chi connectivity index (χ2v) is 9.06. The van der Waals surface area contributed by atoms with Crippen LogP contribution in [0, 0.1) is 0 Å². The highest BCUT2D eigenvalue weighted by Gasteiger charge is 2.41. The Bertz CT molecular complexity index is 1010. The summed E-state index contributed by atoms with van der Waals surface area (Å²) in [5.41, 5.74) is 1.92. The highest BCUT2D eigenvalue weighted by molar-refractivity contribution is 9.11. The van der Waals surface area contributed by atoms with E-state index in [2.05, 4.69) is 43.3 Å². The molecule has 0 unspecified atom stereocenters. The first-order chi connectivity index (χ1) is 13.2. The summed E-state index contributed by atoms with van der Waals surface area (Å²) >= 11 is 11.0. The van der Waals surface area contributed by atoms with Crippen LogP contribution in [0.1, 0.15) is 22.7 Å². The molecule has 1 aromatic carbocycles. The summed E-state index contributed by atoms with van der Waals surface area (Å²) in [6.07, 6.45) is 1.81. The summed E-state index contributed by atoms with van der Waals surface area (Å²) in [4.78, 5) is 7.89. The molecule has 1 fully saturated rings. The van der Waals surface area contributed by atoms with E-state index < -0.39 is 0 Å². The highest BCUT2D eigenvalue weighted by Crippen LogP contribution is 2.46. The molecule has 5 rings (SSSR count). The third-order valence-electron chi connectivity index (χ3n) is 4.62. The lowest BCUT2D eigenvalue weighted by Crippen LogP contribution is -2.29. The number of fused-ring (bicyclic) bond motifs is 1. The van der Waals surface area contributed by atoms with E-state index >= 15 is 0 Å². The number of hydrogen-bond acceptors (Lipinski definition) is 5. The van der Waals surface area contributed by atoms with Crippen molar-refractivity contribution in [3.8, 4) is 11.5 Å². The van der Waals surface area contributed by atoms with Gasteiger partial charge in [0.25, 0.3) is 0 Å². The molecule has 136 valence electrons. The minimum atomic E-state index is -0.0466. The number of nitrogens with zero attached hydrogens (tertiary/aromatic N) is 2. The van der Waals surface area contributed by atoms with E-state index in [0.29, 0.717) is 5.11 Å². The molecule has 0 bridgehead atoms. The molecule has 0 amide bonds. The number of aromatic nitrogens is 1. The fourth-order valence-corrected chi connectivity index (χ4v) is 5.34. The lowest BCUT2D eigenvalue weighted by atomic mass is 10.0. The van der Waals surface area contributed by atoms with Gasteiger partial charge in [-0.1, -0.05) is 6.07 Å². The molecule has 2 aliphatic heterocycles. The lowest BCUT2D eigenvalue weighted by Gasteiger charge is -2.27. The maximum absolute atomic E-state index is 5.72. The molecule has 2 aliphatic rings. The number of thiophene rings is 1. The number of benzene rings is 1. The zero-order valence-corrected chi connectivity index (χ0v) is 17.2. The molecule has 3 aromatic rings. The standard InChI is InChI=1S/C19H14BrN3O2S2/c20-16-7-6-15(27-16)18-17(12-3-1-2-8-21-12)22-19(26)23(18)11-4-5-13-14(9-11)25-10-24-13/h1-9,17-18H,10H2,(H,22,26)/t17-,18+/m0/s1. The van der Waals surface area contributed by atoms with Gasteiger partial charge in [0.05, 0.1) is 21.6 Å². The number of anilines is 1. The molecule has 1 saturated heterocycles. The zero-order valence-electron chi connectivity index (χ0n) is 14.0. The Kier molecular flexibility index (Phi) is 4.26. The molecule has 8 heteroatoms. The summed E-state index contributed by atoms with van der Waals surface area (Å²) in [5, 5.41) is 4.12. The van der Waals surface area contributed by atoms with Crippen LogP contribution in [0.5, 0.6) is 11.5 Å². The van der Waals surface area contributed by atoms with Crippen LogP contribution in [-0.2, 0) is 0 Å². The SMILES string of the molecule is S=C1N[C@@H](c2ccccn2)[C@@H](c2ccc(Br)s2)N1c1ccc2c(c1)OCO2. The summed E-state index contributed by atoms with van der Waals surface area (Å²) in [6, 6.07) is 16.0. The van der Waals surface area contributed by atoms with Gasteiger partial charge >= 0.3 is 0 Å².